The van der Waals surface area contributed by atoms with E-state index in [9.17, 15) is 10.1 Å². The molecule has 7 rings (SSSR count). The molecule has 134 valence electrons. The van der Waals surface area contributed by atoms with Crippen molar-refractivity contribution >= 4 is 29.3 Å². The molecule has 3 N–H and O–H groups in total. The van der Waals surface area contributed by atoms with Gasteiger partial charge in [-0.05, 0) is 55.9 Å². The van der Waals surface area contributed by atoms with E-state index >= 15 is 0 Å². The van der Waals surface area contributed by atoms with Crippen molar-refractivity contribution in [2.45, 2.75) is 37.7 Å². The second kappa shape index (κ2) is 4.90. The van der Waals surface area contributed by atoms with Gasteiger partial charge in [-0.15, -0.1) is 0 Å². The van der Waals surface area contributed by atoms with E-state index in [4.69, 9.17) is 5.10 Å². The molecule has 0 radical (unpaired) electrons. The number of rotatable bonds is 1. The Labute approximate surface area is 152 Å². The van der Waals surface area contributed by atoms with Crippen molar-refractivity contribution in [2.24, 2.45) is 28.8 Å². The van der Waals surface area contributed by atoms with Crippen LogP contribution in [0.25, 0.3) is 11.0 Å². The molecule has 0 saturated heterocycles. The normalized spacial score (nSPS) is 38.0. The maximum absolute atomic E-state index is 10.9. The number of hydrogen-bond donors (Lipinski definition) is 3. The van der Waals surface area contributed by atoms with Crippen LogP contribution in [0.15, 0.2) is 23.6 Å². The highest BCUT2D eigenvalue weighted by Gasteiger charge is 2.56. The molecule has 6 nitrogen and oxygen atoms in total. The number of aromatic amines is 1. The molecule has 2 aromatic rings. The van der Waals surface area contributed by atoms with Crippen molar-refractivity contribution in [1.29, 1.82) is 0 Å². The summed E-state index contributed by atoms with van der Waals surface area (Å²) in [6.07, 6.45) is 8.87. The number of hydrazone groups is 1. The fourth-order valence-electron chi connectivity index (χ4n) is 6.64. The first-order valence-electron chi connectivity index (χ1n) is 9.70. The molecule has 0 spiro atoms. The van der Waals surface area contributed by atoms with Gasteiger partial charge in [0.25, 0.3) is 0 Å². The quantitative estimate of drug-likeness (QED) is 0.672. The Morgan fingerprint density at radius 1 is 1.27 bits per heavy atom. The van der Waals surface area contributed by atoms with Gasteiger partial charge >= 0.3 is 7.05 Å². The number of H-pyrrole nitrogens is 1. The third-order valence-corrected chi connectivity index (χ3v) is 7.33. The average molecular weight is 350 g/mol. The van der Waals surface area contributed by atoms with Crippen LogP contribution in [0.4, 0.5) is 0 Å². The highest BCUT2D eigenvalue weighted by atomic mass is 16.3. The van der Waals surface area contributed by atoms with Crippen molar-refractivity contribution in [3.05, 3.63) is 24.0 Å². The first kappa shape index (κ1) is 15.2. The number of hydrogen-bond acceptors (Lipinski definition) is 5. The third-order valence-electron chi connectivity index (χ3n) is 7.33. The fourth-order valence-corrected chi connectivity index (χ4v) is 6.64. The highest BCUT2D eigenvalue weighted by molar-refractivity contribution is 6.66. The Morgan fingerprint density at radius 2 is 2.04 bits per heavy atom. The number of aromatic nitrogens is 2. The summed E-state index contributed by atoms with van der Waals surface area (Å²) in [5.74, 6) is 2.01. The number of aliphatic hydroxyl groups is 1. The minimum absolute atomic E-state index is 0.362. The monoisotopic (exact) mass is 350 g/mol. The molecule has 0 aromatic carbocycles. The predicted molar refractivity (Wildman–Crippen MR) is 100.0 cm³/mol. The van der Waals surface area contributed by atoms with Gasteiger partial charge in [0.15, 0.2) is 0 Å². The molecule has 4 saturated carbocycles. The van der Waals surface area contributed by atoms with E-state index in [-0.39, 0.29) is 0 Å². The lowest BCUT2D eigenvalue weighted by Crippen LogP contribution is -2.59. The maximum Gasteiger partial charge on any atom is 0.468 e. The molecule has 5 aliphatic rings. The highest BCUT2D eigenvalue weighted by Crippen LogP contribution is 2.59. The number of nitrogens with one attached hydrogen (secondary N) is 1. The Morgan fingerprint density at radius 3 is 2.77 bits per heavy atom. The van der Waals surface area contributed by atoms with E-state index in [0.29, 0.717) is 23.7 Å². The van der Waals surface area contributed by atoms with Crippen LogP contribution >= 0.6 is 0 Å². The summed E-state index contributed by atoms with van der Waals surface area (Å²) in [6.45, 7) is 0. The van der Waals surface area contributed by atoms with Gasteiger partial charge in [-0.25, -0.2) is 4.98 Å². The van der Waals surface area contributed by atoms with Crippen LogP contribution < -0.4 is 5.46 Å². The van der Waals surface area contributed by atoms with E-state index in [1.165, 1.54) is 12.8 Å². The zero-order chi connectivity index (χ0) is 17.6. The molecule has 1 aliphatic heterocycles. The number of pyridine rings is 1. The van der Waals surface area contributed by atoms with Crippen molar-refractivity contribution < 1.29 is 10.1 Å². The molecule has 4 bridgehead atoms. The van der Waals surface area contributed by atoms with E-state index in [2.05, 4.69) is 9.97 Å². The van der Waals surface area contributed by atoms with E-state index in [1.807, 2.05) is 19.3 Å². The first-order valence-corrected chi connectivity index (χ1v) is 9.70. The standard InChI is InChI=1S/C19H23BN4O2/c1-24-20(26)14-9-22-18-13(2-3-21-18)16(14)17(23-24)15-11-4-10-5-12(15)8-19(25,6-10)7-11/h2-3,9-12,15,25-26H,4-8H2,1H3,(H,21,22)/t10?,11-,12+,15?,19?. The molecule has 3 unspecified atom stereocenters. The Kier molecular flexibility index (Phi) is 2.87. The van der Waals surface area contributed by atoms with E-state index in [0.717, 1.165) is 47.0 Å². The van der Waals surface area contributed by atoms with Gasteiger partial charge in [0.1, 0.15) is 5.65 Å². The minimum atomic E-state index is -0.762. The zero-order valence-corrected chi connectivity index (χ0v) is 14.9. The Balaban J connectivity index is 1.53. The van der Waals surface area contributed by atoms with Gasteiger partial charge in [-0.2, -0.15) is 5.10 Å². The lowest BCUT2D eigenvalue weighted by Gasteiger charge is -2.58. The summed E-state index contributed by atoms with van der Waals surface area (Å²) in [7, 11) is 1.07. The molecule has 4 fully saturated rings. The van der Waals surface area contributed by atoms with Crippen LogP contribution in [0.1, 0.15) is 37.7 Å². The second-order valence-corrected chi connectivity index (χ2v) is 8.98. The predicted octanol–water partition coefficient (Wildman–Crippen LogP) is 1.09. The summed E-state index contributed by atoms with van der Waals surface area (Å²) in [4.78, 5) is 9.34. The fraction of sp³-hybridized carbons (Fsp3) is 0.579. The summed E-state index contributed by atoms with van der Waals surface area (Å²) in [5, 5.41) is 27.5. The topological polar surface area (TPSA) is 84.7 Å². The van der Waals surface area contributed by atoms with E-state index < -0.39 is 12.7 Å². The van der Waals surface area contributed by atoms with Gasteiger partial charge in [-0.3, -0.25) is 0 Å². The van der Waals surface area contributed by atoms with Crippen LogP contribution in [-0.2, 0) is 0 Å². The molecule has 4 aliphatic carbocycles. The molecule has 7 heteroatoms. The summed E-state index contributed by atoms with van der Waals surface area (Å²) in [5.41, 5.74) is 3.40. The minimum Gasteiger partial charge on any atom is -0.428 e. The molecule has 26 heavy (non-hydrogen) atoms. The van der Waals surface area contributed by atoms with Gasteiger partial charge in [0.2, 0.25) is 0 Å². The zero-order valence-electron chi connectivity index (χ0n) is 14.9. The average Bonchev–Trinajstić information content (AvgIpc) is 3.05. The molecule has 3 heterocycles. The third kappa shape index (κ3) is 1.90. The van der Waals surface area contributed by atoms with Crippen LogP contribution in [0.3, 0.4) is 0 Å². The molecular weight excluding hydrogens is 327 g/mol. The Hall–Kier alpha value is -1.86. The number of fused-ring (bicyclic) bond motifs is 3. The molecule has 2 aromatic heterocycles. The van der Waals surface area contributed by atoms with Crippen LogP contribution in [0.2, 0.25) is 0 Å². The van der Waals surface area contributed by atoms with Gasteiger partial charge < -0.3 is 20.0 Å². The van der Waals surface area contributed by atoms with Crippen LogP contribution in [-0.4, -0.2) is 50.4 Å². The number of nitrogens with zero attached hydrogens (tertiary/aromatic N) is 3. The van der Waals surface area contributed by atoms with Gasteiger partial charge in [0, 0.05) is 41.8 Å². The summed E-state index contributed by atoms with van der Waals surface area (Å²) in [6, 6.07) is 2.04. The largest absolute Gasteiger partial charge is 0.468 e. The lowest BCUT2D eigenvalue weighted by molar-refractivity contribution is -0.138. The van der Waals surface area contributed by atoms with Crippen LogP contribution in [0, 0.1) is 23.7 Å². The Bertz CT molecular complexity index is 925. The lowest BCUT2D eigenvalue weighted by atomic mass is 9.48. The SMILES string of the molecule is CN1N=C(C2[C@@H]3CC4C[C@H]2CC(O)(C4)C3)c2c(cnc3[nH]ccc23)B1O. The molecular formula is C19H23BN4O2. The second-order valence-electron chi connectivity index (χ2n) is 8.98. The van der Waals surface area contributed by atoms with Crippen molar-refractivity contribution in [3.63, 3.8) is 0 Å². The van der Waals surface area contributed by atoms with Crippen LogP contribution in [0.5, 0.6) is 0 Å². The summed E-state index contributed by atoms with van der Waals surface area (Å²) < 4.78 is 0. The van der Waals surface area contributed by atoms with Gasteiger partial charge in [0.05, 0.1) is 11.3 Å². The maximum atomic E-state index is 10.9. The van der Waals surface area contributed by atoms with Crippen molar-refractivity contribution in [1.82, 2.24) is 14.9 Å². The summed E-state index contributed by atoms with van der Waals surface area (Å²) >= 11 is 0. The van der Waals surface area contributed by atoms with Crippen molar-refractivity contribution in [2.75, 3.05) is 7.05 Å². The molecule has 5 atom stereocenters. The van der Waals surface area contributed by atoms with Gasteiger partial charge in [-0.1, -0.05) is 0 Å². The molecule has 0 amide bonds. The first-order chi connectivity index (χ1) is 12.5. The van der Waals surface area contributed by atoms with E-state index in [1.54, 1.807) is 11.1 Å². The van der Waals surface area contributed by atoms with Crippen molar-refractivity contribution in [3.8, 4) is 0 Å². The smallest absolute Gasteiger partial charge is 0.428 e.